The summed E-state index contributed by atoms with van der Waals surface area (Å²) in [5.41, 5.74) is 1.80. The van der Waals surface area contributed by atoms with Gasteiger partial charge in [0.05, 0.1) is 31.0 Å². The Kier molecular flexibility index (Phi) is 7.22. The smallest absolute Gasteiger partial charge is 0.266 e. The van der Waals surface area contributed by atoms with E-state index in [1.165, 1.54) is 10.7 Å². The molecule has 4 rings (SSSR count). The van der Waals surface area contributed by atoms with Crippen molar-refractivity contribution < 1.29 is 14.3 Å². The molecule has 1 N–H and O–H groups in total. The first-order valence-corrected chi connectivity index (χ1v) is 11.3. The summed E-state index contributed by atoms with van der Waals surface area (Å²) in [5, 5.41) is 9.16. The molecule has 34 heavy (non-hydrogen) atoms. The van der Waals surface area contributed by atoms with E-state index in [0.717, 1.165) is 22.1 Å². The highest BCUT2D eigenvalue weighted by Crippen LogP contribution is 2.28. The number of nitrogens with zero attached hydrogens (tertiary/aromatic N) is 2. The van der Waals surface area contributed by atoms with E-state index in [-0.39, 0.29) is 24.6 Å². The van der Waals surface area contributed by atoms with E-state index >= 15 is 0 Å². The number of hydrogen-bond acceptors (Lipinski definition) is 5. The molecular formula is C27H27N3O4. The summed E-state index contributed by atoms with van der Waals surface area (Å²) in [4.78, 5) is 25.4. The monoisotopic (exact) mass is 457 g/mol. The Labute approximate surface area is 197 Å². The summed E-state index contributed by atoms with van der Waals surface area (Å²) in [6.45, 7) is 5.35. The van der Waals surface area contributed by atoms with Crippen LogP contribution in [-0.2, 0) is 6.54 Å². The van der Waals surface area contributed by atoms with Crippen molar-refractivity contribution in [3.05, 3.63) is 88.7 Å². The van der Waals surface area contributed by atoms with Gasteiger partial charge in [0.15, 0.2) is 0 Å². The van der Waals surface area contributed by atoms with E-state index < -0.39 is 0 Å². The quantitative estimate of drug-likeness (QED) is 0.405. The van der Waals surface area contributed by atoms with Gasteiger partial charge in [-0.1, -0.05) is 30.3 Å². The fourth-order valence-corrected chi connectivity index (χ4v) is 3.78. The van der Waals surface area contributed by atoms with Gasteiger partial charge in [-0.2, -0.15) is 5.10 Å². The largest absolute Gasteiger partial charge is 0.494 e. The van der Waals surface area contributed by atoms with Gasteiger partial charge in [0.1, 0.15) is 11.5 Å². The van der Waals surface area contributed by atoms with Crippen LogP contribution in [0, 0.1) is 0 Å². The fourth-order valence-electron chi connectivity index (χ4n) is 3.78. The van der Waals surface area contributed by atoms with Gasteiger partial charge in [-0.05, 0) is 61.0 Å². The van der Waals surface area contributed by atoms with Gasteiger partial charge < -0.3 is 14.8 Å². The predicted molar refractivity (Wildman–Crippen MR) is 133 cm³/mol. The molecule has 1 aromatic heterocycles. The first-order valence-electron chi connectivity index (χ1n) is 11.3. The highest BCUT2D eigenvalue weighted by molar-refractivity contribution is 6.09. The molecule has 0 saturated carbocycles. The minimum atomic E-state index is -0.254. The van der Waals surface area contributed by atoms with Gasteiger partial charge in [-0.3, -0.25) is 9.59 Å². The van der Waals surface area contributed by atoms with Crippen LogP contribution in [0.25, 0.3) is 22.0 Å². The number of ether oxygens (including phenoxy) is 2. The number of nitrogens with one attached hydrogen (secondary N) is 1. The van der Waals surface area contributed by atoms with Crippen molar-refractivity contribution in [2.24, 2.45) is 0 Å². The van der Waals surface area contributed by atoms with E-state index in [9.17, 15) is 9.59 Å². The Balaban J connectivity index is 1.50. The molecule has 0 aliphatic carbocycles. The first-order chi connectivity index (χ1) is 16.6. The lowest BCUT2D eigenvalue weighted by Crippen LogP contribution is -2.32. The van der Waals surface area contributed by atoms with Gasteiger partial charge in [0.25, 0.3) is 11.5 Å². The van der Waals surface area contributed by atoms with Crippen LogP contribution in [0.15, 0.2) is 77.6 Å². The van der Waals surface area contributed by atoms with Gasteiger partial charge in [0, 0.05) is 18.2 Å². The molecule has 1 amide bonds. The molecule has 0 aliphatic heterocycles. The fraction of sp³-hybridized carbons (Fsp3) is 0.222. The summed E-state index contributed by atoms with van der Waals surface area (Å²) >= 11 is 0. The normalized spacial score (nSPS) is 10.8. The summed E-state index contributed by atoms with van der Waals surface area (Å²) in [6, 6.07) is 22.2. The Morgan fingerprint density at radius 1 is 0.912 bits per heavy atom. The maximum Gasteiger partial charge on any atom is 0.266 e. The predicted octanol–water partition coefficient (Wildman–Crippen LogP) is 4.29. The molecule has 7 heteroatoms. The minimum Gasteiger partial charge on any atom is -0.494 e. The number of fused-ring (bicyclic) bond motifs is 1. The molecule has 0 radical (unpaired) electrons. The van der Waals surface area contributed by atoms with E-state index in [4.69, 9.17) is 9.47 Å². The number of carbonyl (C=O) groups is 1. The molecule has 0 spiro atoms. The lowest BCUT2D eigenvalue weighted by molar-refractivity contribution is 0.0950. The molecule has 0 bridgehead atoms. The van der Waals surface area contributed by atoms with E-state index in [2.05, 4.69) is 10.4 Å². The second-order valence-electron chi connectivity index (χ2n) is 7.59. The second-order valence-corrected chi connectivity index (χ2v) is 7.59. The van der Waals surface area contributed by atoms with E-state index in [1.54, 1.807) is 6.07 Å². The van der Waals surface area contributed by atoms with Gasteiger partial charge in [-0.25, -0.2) is 4.68 Å². The highest BCUT2D eigenvalue weighted by Gasteiger charge is 2.16. The molecule has 0 unspecified atom stereocenters. The maximum atomic E-state index is 13.1. The van der Waals surface area contributed by atoms with Gasteiger partial charge in [-0.15, -0.1) is 0 Å². The zero-order valence-corrected chi connectivity index (χ0v) is 19.3. The minimum absolute atomic E-state index is 0.232. The number of rotatable bonds is 9. The van der Waals surface area contributed by atoms with Crippen molar-refractivity contribution in [3.8, 4) is 22.8 Å². The van der Waals surface area contributed by atoms with Crippen LogP contribution in [-0.4, -0.2) is 35.4 Å². The lowest BCUT2D eigenvalue weighted by atomic mass is 10.0. The summed E-state index contributed by atoms with van der Waals surface area (Å²) in [5.74, 6) is 1.06. The van der Waals surface area contributed by atoms with Crippen LogP contribution in [0.5, 0.6) is 11.5 Å². The molecule has 3 aromatic carbocycles. The highest BCUT2D eigenvalue weighted by atomic mass is 16.5. The van der Waals surface area contributed by atoms with Crippen molar-refractivity contribution in [1.29, 1.82) is 0 Å². The van der Waals surface area contributed by atoms with Crippen molar-refractivity contribution in [2.75, 3.05) is 19.8 Å². The number of carbonyl (C=O) groups excluding carboxylic acids is 1. The average molecular weight is 458 g/mol. The van der Waals surface area contributed by atoms with E-state index in [1.807, 2.05) is 74.5 Å². The van der Waals surface area contributed by atoms with Crippen LogP contribution in [0.4, 0.5) is 0 Å². The van der Waals surface area contributed by atoms with Crippen LogP contribution < -0.4 is 20.3 Å². The molecule has 174 valence electrons. The Morgan fingerprint density at radius 2 is 1.68 bits per heavy atom. The number of aromatic nitrogens is 2. The summed E-state index contributed by atoms with van der Waals surface area (Å²) in [7, 11) is 0. The molecular weight excluding hydrogens is 430 g/mol. The standard InChI is InChI=1S/C27H27N3O4/c1-3-33-21-12-9-20(10-13-21)23-14-16-25(31)30(29-23)18-17-28-27(32)26-22-8-6-5-7-19(22)11-15-24(26)34-4-2/h5-16H,3-4,17-18H2,1-2H3,(H,28,32). The van der Waals surface area contributed by atoms with Crippen LogP contribution in [0.1, 0.15) is 24.2 Å². The average Bonchev–Trinajstić information content (AvgIpc) is 2.86. The molecule has 0 aliphatic rings. The zero-order chi connectivity index (χ0) is 23.9. The molecule has 7 nitrogen and oxygen atoms in total. The summed E-state index contributed by atoms with van der Waals surface area (Å²) in [6.07, 6.45) is 0. The lowest BCUT2D eigenvalue weighted by Gasteiger charge is -2.14. The molecule has 0 atom stereocenters. The number of hydrogen-bond donors (Lipinski definition) is 1. The van der Waals surface area contributed by atoms with Crippen LogP contribution in [0.3, 0.4) is 0 Å². The second kappa shape index (κ2) is 10.7. The van der Waals surface area contributed by atoms with Crippen LogP contribution in [0.2, 0.25) is 0 Å². The van der Waals surface area contributed by atoms with Crippen molar-refractivity contribution in [1.82, 2.24) is 15.1 Å². The third-order valence-electron chi connectivity index (χ3n) is 5.35. The maximum absolute atomic E-state index is 13.1. The Bertz CT molecular complexity index is 1350. The molecule has 1 heterocycles. The summed E-state index contributed by atoms with van der Waals surface area (Å²) < 4.78 is 12.5. The molecule has 0 fully saturated rings. The third-order valence-corrected chi connectivity index (χ3v) is 5.35. The number of amides is 1. The van der Waals surface area contributed by atoms with Gasteiger partial charge >= 0.3 is 0 Å². The first kappa shape index (κ1) is 23.0. The molecule has 0 saturated heterocycles. The van der Waals surface area contributed by atoms with Crippen LogP contribution >= 0.6 is 0 Å². The Morgan fingerprint density at radius 3 is 2.44 bits per heavy atom. The third kappa shape index (κ3) is 5.09. The van der Waals surface area contributed by atoms with Gasteiger partial charge in [0.2, 0.25) is 0 Å². The zero-order valence-electron chi connectivity index (χ0n) is 19.3. The number of benzene rings is 3. The SMILES string of the molecule is CCOc1ccc(-c2ccc(=O)n(CCNC(=O)c3c(OCC)ccc4ccccc34)n2)cc1. The topological polar surface area (TPSA) is 82.5 Å². The molecule has 4 aromatic rings. The van der Waals surface area contributed by atoms with E-state index in [0.29, 0.717) is 30.2 Å². The van der Waals surface area contributed by atoms with Crippen molar-refractivity contribution in [3.63, 3.8) is 0 Å². The Hall–Kier alpha value is -4.13. The van der Waals surface area contributed by atoms with Crippen molar-refractivity contribution in [2.45, 2.75) is 20.4 Å². The van der Waals surface area contributed by atoms with Crippen molar-refractivity contribution >= 4 is 16.7 Å².